The highest BCUT2D eigenvalue weighted by atomic mass is 16.4. The van der Waals surface area contributed by atoms with Gasteiger partial charge in [0.25, 0.3) is 0 Å². The summed E-state index contributed by atoms with van der Waals surface area (Å²) >= 11 is 0. The normalized spacial score (nSPS) is 28.6. The second-order valence-corrected chi connectivity index (χ2v) is 6.48. The summed E-state index contributed by atoms with van der Waals surface area (Å²) in [4.78, 5) is 23.7. The highest BCUT2D eigenvalue weighted by Crippen LogP contribution is 2.38. The summed E-state index contributed by atoms with van der Waals surface area (Å²) in [7, 11) is 0. The van der Waals surface area contributed by atoms with Crippen molar-refractivity contribution in [3.8, 4) is 12.3 Å². The van der Waals surface area contributed by atoms with Crippen molar-refractivity contribution >= 4 is 11.9 Å². The molecule has 0 aromatic heterocycles. The predicted molar refractivity (Wildman–Crippen MR) is 81.0 cm³/mol. The van der Waals surface area contributed by atoms with E-state index in [1.54, 1.807) is 6.92 Å². The van der Waals surface area contributed by atoms with Crippen LogP contribution >= 0.6 is 0 Å². The quantitative estimate of drug-likeness (QED) is 0.708. The summed E-state index contributed by atoms with van der Waals surface area (Å²) < 4.78 is 0. The number of aliphatic carboxylic acids is 1. The van der Waals surface area contributed by atoms with Gasteiger partial charge in [0.15, 0.2) is 5.66 Å². The van der Waals surface area contributed by atoms with Crippen LogP contribution in [0.25, 0.3) is 0 Å². The highest BCUT2D eigenvalue weighted by molar-refractivity contribution is 5.80. The van der Waals surface area contributed by atoms with Gasteiger partial charge in [-0.3, -0.25) is 9.59 Å². The Morgan fingerprint density at radius 1 is 1.36 bits per heavy atom. The van der Waals surface area contributed by atoms with Crippen LogP contribution in [0, 0.1) is 17.8 Å². The van der Waals surface area contributed by atoms with Crippen molar-refractivity contribution in [2.75, 3.05) is 0 Å². The van der Waals surface area contributed by atoms with Gasteiger partial charge in [0.2, 0.25) is 5.91 Å². The number of carbonyl (C=O) groups is 2. The van der Waals surface area contributed by atoms with Crippen molar-refractivity contribution < 1.29 is 14.7 Å². The van der Waals surface area contributed by atoms with E-state index in [0.717, 1.165) is 12.8 Å². The van der Waals surface area contributed by atoms with E-state index in [1.807, 2.05) is 0 Å². The molecule has 0 spiro atoms. The lowest BCUT2D eigenvalue weighted by atomic mass is 9.71. The van der Waals surface area contributed by atoms with Gasteiger partial charge in [0.1, 0.15) is 0 Å². The highest BCUT2D eigenvalue weighted by Gasteiger charge is 2.44. The third-order valence-corrected chi connectivity index (χ3v) is 4.84. The van der Waals surface area contributed by atoms with Crippen molar-refractivity contribution in [3.63, 3.8) is 0 Å². The van der Waals surface area contributed by atoms with Gasteiger partial charge in [0, 0.05) is 31.7 Å². The first-order chi connectivity index (χ1) is 10.4. The lowest BCUT2D eigenvalue weighted by Gasteiger charge is -2.38. The van der Waals surface area contributed by atoms with Gasteiger partial charge >= 0.3 is 5.97 Å². The molecule has 120 valence electrons. The zero-order chi connectivity index (χ0) is 16.2. The molecule has 0 bridgehead atoms. The Morgan fingerprint density at radius 2 is 2.09 bits per heavy atom. The van der Waals surface area contributed by atoms with Crippen LogP contribution in [0.3, 0.4) is 0 Å². The molecular formula is C16H23N3O3. The van der Waals surface area contributed by atoms with E-state index in [0.29, 0.717) is 38.5 Å². The molecule has 6 nitrogen and oxygen atoms in total. The molecule has 2 N–H and O–H groups in total. The first-order valence-electron chi connectivity index (χ1n) is 7.82. The number of rotatable bonds is 7. The lowest BCUT2D eigenvalue weighted by molar-refractivity contribution is -0.152. The fraction of sp³-hybridized carbons (Fsp3) is 0.750. The zero-order valence-electron chi connectivity index (χ0n) is 13.0. The molecule has 2 rings (SSSR count). The smallest absolute Gasteiger partial charge is 0.311 e. The third-order valence-electron chi connectivity index (χ3n) is 4.84. The Kier molecular flexibility index (Phi) is 4.84. The molecule has 2 aliphatic rings. The van der Waals surface area contributed by atoms with E-state index < -0.39 is 17.0 Å². The molecule has 0 aromatic rings. The molecule has 2 unspecified atom stereocenters. The first-order valence-corrected chi connectivity index (χ1v) is 7.82. The third kappa shape index (κ3) is 3.65. The van der Waals surface area contributed by atoms with Crippen LogP contribution in [-0.2, 0) is 9.59 Å². The molecule has 1 saturated carbocycles. The maximum Gasteiger partial charge on any atom is 0.311 e. The molecule has 1 aliphatic heterocycles. The monoisotopic (exact) mass is 305 g/mol. The average Bonchev–Trinajstić information content (AvgIpc) is 3.26. The lowest BCUT2D eigenvalue weighted by Crippen LogP contribution is -2.52. The number of nitrogens with zero attached hydrogens (tertiary/aromatic N) is 2. The fourth-order valence-electron chi connectivity index (χ4n) is 3.07. The van der Waals surface area contributed by atoms with Crippen LogP contribution in [0.2, 0.25) is 0 Å². The molecule has 6 heteroatoms. The largest absolute Gasteiger partial charge is 0.481 e. The van der Waals surface area contributed by atoms with Crippen LogP contribution in [0.15, 0.2) is 10.2 Å². The van der Waals surface area contributed by atoms with Crippen molar-refractivity contribution in [3.05, 3.63) is 0 Å². The molecule has 0 radical (unpaired) electrons. The average molecular weight is 305 g/mol. The van der Waals surface area contributed by atoms with Gasteiger partial charge in [0.05, 0.1) is 5.41 Å². The number of carboxylic acids is 1. The van der Waals surface area contributed by atoms with Gasteiger partial charge in [-0.25, -0.2) is 0 Å². The standard InChI is InChI=1S/C16H23N3O3/c1-3-4-10-16(18-19-16)11-8-13(20)17-12-7-5-6-9-15(12,2)14(21)22/h1,12H,4-11H2,2H3,(H,17,20)(H,21,22). The van der Waals surface area contributed by atoms with Crippen LogP contribution in [0.5, 0.6) is 0 Å². The van der Waals surface area contributed by atoms with E-state index in [4.69, 9.17) is 6.42 Å². The van der Waals surface area contributed by atoms with Crippen molar-refractivity contribution in [2.24, 2.45) is 15.6 Å². The summed E-state index contributed by atoms with van der Waals surface area (Å²) in [6, 6.07) is -0.305. The number of terminal acetylenes is 1. The molecule has 0 aromatic carbocycles. The Morgan fingerprint density at radius 3 is 2.68 bits per heavy atom. The predicted octanol–water partition coefficient (Wildman–Crippen LogP) is 2.49. The Bertz CT molecular complexity index is 517. The molecule has 1 aliphatic carbocycles. The number of nitrogens with one attached hydrogen (secondary N) is 1. The van der Waals surface area contributed by atoms with Gasteiger partial charge in [-0.1, -0.05) is 12.8 Å². The van der Waals surface area contributed by atoms with Crippen LogP contribution < -0.4 is 5.32 Å². The minimum absolute atomic E-state index is 0.128. The zero-order valence-corrected chi connectivity index (χ0v) is 13.0. The number of carboxylic acid groups (broad SMARTS) is 1. The Hall–Kier alpha value is -1.90. The van der Waals surface area contributed by atoms with Crippen molar-refractivity contribution in [1.82, 2.24) is 5.32 Å². The summed E-state index contributed by atoms with van der Waals surface area (Å²) in [6.07, 6.45) is 10.5. The van der Waals surface area contributed by atoms with Crippen molar-refractivity contribution in [2.45, 2.75) is 70.0 Å². The van der Waals surface area contributed by atoms with E-state index >= 15 is 0 Å². The fourth-order valence-corrected chi connectivity index (χ4v) is 3.07. The van der Waals surface area contributed by atoms with E-state index in [9.17, 15) is 14.7 Å². The van der Waals surface area contributed by atoms with Crippen LogP contribution in [0.1, 0.15) is 58.3 Å². The Balaban J connectivity index is 1.83. The maximum atomic E-state index is 12.1. The van der Waals surface area contributed by atoms with Gasteiger partial charge < -0.3 is 10.4 Å². The van der Waals surface area contributed by atoms with Gasteiger partial charge in [-0.15, -0.1) is 12.3 Å². The molecule has 2 atom stereocenters. The van der Waals surface area contributed by atoms with Gasteiger partial charge in [-0.2, -0.15) is 10.2 Å². The second kappa shape index (κ2) is 6.47. The first kappa shape index (κ1) is 16.5. The second-order valence-electron chi connectivity index (χ2n) is 6.48. The topological polar surface area (TPSA) is 91.1 Å². The summed E-state index contributed by atoms with van der Waals surface area (Å²) in [5.74, 6) is 1.59. The molecule has 1 heterocycles. The van der Waals surface area contributed by atoms with Crippen LogP contribution in [-0.4, -0.2) is 28.7 Å². The summed E-state index contributed by atoms with van der Waals surface area (Å²) in [5.41, 5.74) is -1.34. The number of hydrogen-bond donors (Lipinski definition) is 2. The molecular weight excluding hydrogens is 282 g/mol. The van der Waals surface area contributed by atoms with Crippen LogP contribution in [0.4, 0.5) is 0 Å². The molecule has 1 fully saturated rings. The number of amides is 1. The summed E-state index contributed by atoms with van der Waals surface area (Å²) in [6.45, 7) is 1.72. The van der Waals surface area contributed by atoms with E-state index in [1.165, 1.54) is 0 Å². The Labute approximate surface area is 130 Å². The maximum absolute atomic E-state index is 12.1. The molecule has 22 heavy (non-hydrogen) atoms. The summed E-state index contributed by atoms with van der Waals surface area (Å²) in [5, 5.41) is 20.4. The minimum atomic E-state index is -0.872. The molecule has 1 amide bonds. The van der Waals surface area contributed by atoms with Gasteiger partial charge in [-0.05, 0) is 19.8 Å². The molecule has 0 saturated heterocycles. The van der Waals surface area contributed by atoms with E-state index in [-0.39, 0.29) is 11.9 Å². The number of hydrogen-bond acceptors (Lipinski definition) is 4. The minimum Gasteiger partial charge on any atom is -0.481 e. The SMILES string of the molecule is C#CCCC1(CCC(=O)NC2CCCCC2(C)C(=O)O)N=N1. The number of carbonyl (C=O) groups excluding carboxylic acids is 1. The van der Waals surface area contributed by atoms with Crippen molar-refractivity contribution in [1.29, 1.82) is 0 Å². The van der Waals surface area contributed by atoms with E-state index in [2.05, 4.69) is 21.5 Å².